The van der Waals surface area contributed by atoms with Crippen LogP contribution >= 0.6 is 0 Å². The molecule has 0 saturated heterocycles. The van der Waals surface area contributed by atoms with Crippen molar-refractivity contribution in [2.45, 2.75) is 52.9 Å². The van der Waals surface area contributed by atoms with E-state index in [9.17, 15) is 4.79 Å². The molecular weight excluding hydrogens is 212 g/mol. The van der Waals surface area contributed by atoms with Crippen LogP contribution in [0.25, 0.3) is 0 Å². The number of amides is 1. The predicted molar refractivity (Wildman–Crippen MR) is 68.1 cm³/mol. The average molecular weight is 236 g/mol. The van der Waals surface area contributed by atoms with Crippen molar-refractivity contribution in [3.05, 3.63) is 0 Å². The Bertz CT molecular complexity index is 298. The second-order valence-electron chi connectivity index (χ2n) is 5.78. The SMILES string of the molecule is CCC(C#N)C(=O)NCC(C)(C)C1CCCC1. The van der Waals surface area contributed by atoms with E-state index in [0.717, 1.165) is 0 Å². The van der Waals surface area contributed by atoms with Crippen molar-refractivity contribution in [2.24, 2.45) is 17.3 Å². The molecule has 0 heterocycles. The number of nitrogens with one attached hydrogen (secondary N) is 1. The molecule has 0 bridgehead atoms. The minimum Gasteiger partial charge on any atom is -0.354 e. The van der Waals surface area contributed by atoms with Gasteiger partial charge in [-0.3, -0.25) is 4.79 Å². The van der Waals surface area contributed by atoms with E-state index in [0.29, 0.717) is 18.9 Å². The largest absolute Gasteiger partial charge is 0.354 e. The number of rotatable bonds is 5. The average Bonchev–Trinajstić information content (AvgIpc) is 2.82. The Balaban J connectivity index is 2.43. The van der Waals surface area contributed by atoms with Crippen LogP contribution in [0, 0.1) is 28.6 Å². The number of nitriles is 1. The Hall–Kier alpha value is -1.04. The van der Waals surface area contributed by atoms with Gasteiger partial charge >= 0.3 is 0 Å². The van der Waals surface area contributed by atoms with E-state index in [1.165, 1.54) is 25.7 Å². The zero-order valence-corrected chi connectivity index (χ0v) is 11.3. The van der Waals surface area contributed by atoms with E-state index in [-0.39, 0.29) is 11.3 Å². The molecule has 1 N–H and O–H groups in total. The third-order valence-corrected chi connectivity index (χ3v) is 4.06. The third kappa shape index (κ3) is 3.73. The first-order valence-electron chi connectivity index (χ1n) is 6.68. The number of carbonyl (C=O) groups is 1. The van der Waals surface area contributed by atoms with Crippen LogP contribution in [0.4, 0.5) is 0 Å². The Labute approximate surface area is 105 Å². The summed E-state index contributed by atoms with van der Waals surface area (Å²) in [5.41, 5.74) is 0.153. The lowest BCUT2D eigenvalue weighted by Gasteiger charge is -2.32. The van der Waals surface area contributed by atoms with Crippen molar-refractivity contribution in [2.75, 3.05) is 6.54 Å². The normalized spacial score (nSPS) is 18.7. The molecule has 1 rings (SSSR count). The lowest BCUT2D eigenvalue weighted by Crippen LogP contribution is -2.40. The van der Waals surface area contributed by atoms with Gasteiger partial charge in [-0.15, -0.1) is 0 Å². The molecule has 96 valence electrons. The lowest BCUT2D eigenvalue weighted by atomic mass is 9.77. The molecule has 1 fully saturated rings. The molecule has 1 aliphatic rings. The van der Waals surface area contributed by atoms with Crippen molar-refractivity contribution >= 4 is 5.91 Å². The highest BCUT2D eigenvalue weighted by Gasteiger charge is 2.32. The fourth-order valence-corrected chi connectivity index (χ4v) is 2.63. The summed E-state index contributed by atoms with van der Waals surface area (Å²) in [5, 5.41) is 11.8. The van der Waals surface area contributed by atoms with Gasteiger partial charge in [0.2, 0.25) is 5.91 Å². The Morgan fingerprint density at radius 2 is 2.06 bits per heavy atom. The van der Waals surface area contributed by atoms with E-state index in [4.69, 9.17) is 5.26 Å². The standard InChI is InChI=1S/C14H24N2O/c1-4-11(9-15)13(17)16-10-14(2,3)12-7-5-6-8-12/h11-12H,4-8,10H2,1-3H3,(H,16,17). The molecule has 1 saturated carbocycles. The minimum atomic E-state index is -0.491. The molecule has 0 spiro atoms. The molecule has 3 nitrogen and oxygen atoms in total. The molecule has 0 aromatic carbocycles. The van der Waals surface area contributed by atoms with Gasteiger partial charge in [0.25, 0.3) is 0 Å². The van der Waals surface area contributed by atoms with E-state index >= 15 is 0 Å². The van der Waals surface area contributed by atoms with Crippen LogP contribution in [0.5, 0.6) is 0 Å². The third-order valence-electron chi connectivity index (χ3n) is 4.06. The molecule has 0 aliphatic heterocycles. The van der Waals surface area contributed by atoms with Crippen molar-refractivity contribution in [3.63, 3.8) is 0 Å². The van der Waals surface area contributed by atoms with E-state index in [1.54, 1.807) is 0 Å². The van der Waals surface area contributed by atoms with Gasteiger partial charge in [-0.05, 0) is 30.6 Å². The van der Waals surface area contributed by atoms with Crippen LogP contribution in [-0.2, 0) is 4.79 Å². The molecule has 17 heavy (non-hydrogen) atoms. The first-order chi connectivity index (χ1) is 8.01. The van der Waals surface area contributed by atoms with Crippen LogP contribution in [0.1, 0.15) is 52.9 Å². The second-order valence-corrected chi connectivity index (χ2v) is 5.78. The van der Waals surface area contributed by atoms with E-state index in [2.05, 4.69) is 19.2 Å². The molecule has 1 aliphatic carbocycles. The number of nitrogens with zero attached hydrogens (tertiary/aromatic N) is 1. The van der Waals surface area contributed by atoms with Gasteiger partial charge in [0.05, 0.1) is 6.07 Å². The Morgan fingerprint density at radius 1 is 1.47 bits per heavy atom. The molecule has 0 radical (unpaired) electrons. The van der Waals surface area contributed by atoms with Crippen LogP contribution in [-0.4, -0.2) is 12.5 Å². The summed E-state index contributed by atoms with van der Waals surface area (Å²) in [6, 6.07) is 2.05. The van der Waals surface area contributed by atoms with Crippen molar-refractivity contribution in [3.8, 4) is 6.07 Å². The highest BCUT2D eigenvalue weighted by Crippen LogP contribution is 2.38. The topological polar surface area (TPSA) is 52.9 Å². The molecular formula is C14H24N2O. The molecule has 1 atom stereocenters. The van der Waals surface area contributed by atoms with Crippen molar-refractivity contribution < 1.29 is 4.79 Å². The Morgan fingerprint density at radius 3 is 2.53 bits per heavy atom. The molecule has 0 aromatic rings. The van der Waals surface area contributed by atoms with Gasteiger partial charge < -0.3 is 5.32 Å². The van der Waals surface area contributed by atoms with Gasteiger partial charge in [-0.1, -0.05) is 33.6 Å². The highest BCUT2D eigenvalue weighted by molar-refractivity contribution is 5.80. The Kier molecular flexibility index (Phi) is 4.99. The van der Waals surface area contributed by atoms with Crippen LogP contribution in [0.3, 0.4) is 0 Å². The summed E-state index contributed by atoms with van der Waals surface area (Å²) in [4.78, 5) is 11.7. The van der Waals surface area contributed by atoms with Gasteiger partial charge in [-0.25, -0.2) is 0 Å². The molecule has 0 aromatic heterocycles. The molecule has 1 unspecified atom stereocenters. The van der Waals surface area contributed by atoms with Gasteiger partial charge in [-0.2, -0.15) is 5.26 Å². The van der Waals surface area contributed by atoms with Gasteiger partial charge in [0, 0.05) is 6.54 Å². The highest BCUT2D eigenvalue weighted by atomic mass is 16.1. The van der Waals surface area contributed by atoms with Crippen LogP contribution in [0.15, 0.2) is 0 Å². The second kappa shape index (κ2) is 6.05. The van der Waals surface area contributed by atoms with Crippen LogP contribution in [0.2, 0.25) is 0 Å². The monoisotopic (exact) mass is 236 g/mol. The summed E-state index contributed by atoms with van der Waals surface area (Å²) >= 11 is 0. The molecule has 1 amide bonds. The van der Waals surface area contributed by atoms with Crippen LogP contribution < -0.4 is 5.32 Å². The maximum atomic E-state index is 11.7. The summed E-state index contributed by atoms with van der Waals surface area (Å²) in [7, 11) is 0. The number of hydrogen-bond acceptors (Lipinski definition) is 2. The first-order valence-corrected chi connectivity index (χ1v) is 6.68. The summed E-state index contributed by atoms with van der Waals surface area (Å²) < 4.78 is 0. The minimum absolute atomic E-state index is 0.110. The van der Waals surface area contributed by atoms with E-state index < -0.39 is 5.92 Å². The lowest BCUT2D eigenvalue weighted by molar-refractivity contribution is -0.124. The summed E-state index contributed by atoms with van der Waals surface area (Å²) in [6.07, 6.45) is 5.78. The maximum Gasteiger partial charge on any atom is 0.237 e. The van der Waals surface area contributed by atoms with Gasteiger partial charge in [0.15, 0.2) is 0 Å². The van der Waals surface area contributed by atoms with Crippen molar-refractivity contribution in [1.29, 1.82) is 5.26 Å². The fourth-order valence-electron chi connectivity index (χ4n) is 2.63. The van der Waals surface area contributed by atoms with Gasteiger partial charge in [0.1, 0.15) is 5.92 Å². The predicted octanol–water partition coefficient (Wildman–Crippen LogP) is 2.87. The number of hydrogen-bond donors (Lipinski definition) is 1. The maximum absolute atomic E-state index is 11.7. The first kappa shape index (κ1) is 14.0. The summed E-state index contributed by atoms with van der Waals surface area (Å²) in [6.45, 7) is 7.00. The quantitative estimate of drug-likeness (QED) is 0.798. The van der Waals surface area contributed by atoms with Crippen molar-refractivity contribution in [1.82, 2.24) is 5.32 Å². The smallest absolute Gasteiger partial charge is 0.237 e. The zero-order valence-electron chi connectivity index (χ0n) is 11.3. The summed E-state index contributed by atoms with van der Waals surface area (Å²) in [5.74, 6) is 0.111. The van der Waals surface area contributed by atoms with E-state index in [1.807, 2.05) is 13.0 Å². The fraction of sp³-hybridized carbons (Fsp3) is 0.857. The zero-order chi connectivity index (χ0) is 12.9. The molecule has 3 heteroatoms. The number of carbonyl (C=O) groups excluding carboxylic acids is 1.